The molecule has 0 saturated carbocycles. The molecule has 40 heavy (non-hydrogen) atoms. The highest BCUT2D eigenvalue weighted by molar-refractivity contribution is 8.76. The zero-order valence-corrected chi connectivity index (χ0v) is 26.2. The molecule has 0 aliphatic carbocycles. The fourth-order valence-corrected chi connectivity index (χ4v) is 5.95. The minimum atomic E-state index is -0.933. The number of hydrogen-bond acceptors (Lipinski definition) is 10. The normalized spacial score (nSPS) is 13.5. The van der Waals surface area contributed by atoms with E-state index < -0.39 is 35.9 Å². The third-order valence-electron chi connectivity index (χ3n) is 5.43. The molecule has 3 atom stereocenters. The van der Waals surface area contributed by atoms with Crippen molar-refractivity contribution in [3.05, 3.63) is 29.8 Å². The molecule has 2 amide bonds. The van der Waals surface area contributed by atoms with Crippen molar-refractivity contribution in [2.24, 2.45) is 11.3 Å². The Morgan fingerprint density at radius 3 is 1.77 bits per heavy atom. The molecule has 0 unspecified atom stereocenters. The van der Waals surface area contributed by atoms with Crippen molar-refractivity contribution < 1.29 is 38.2 Å². The van der Waals surface area contributed by atoms with Crippen LogP contribution < -0.4 is 15.4 Å². The first-order valence-corrected chi connectivity index (χ1v) is 15.4. The van der Waals surface area contributed by atoms with E-state index in [2.05, 4.69) is 10.6 Å². The lowest BCUT2D eigenvalue weighted by atomic mass is 9.89. The van der Waals surface area contributed by atoms with Crippen molar-refractivity contribution in [3.63, 3.8) is 0 Å². The van der Waals surface area contributed by atoms with E-state index >= 15 is 0 Å². The van der Waals surface area contributed by atoms with Crippen molar-refractivity contribution in [3.8, 4) is 5.75 Å². The zero-order valence-electron chi connectivity index (χ0n) is 24.5. The fraction of sp³-hybridized carbons (Fsp3) is 0.607. The summed E-state index contributed by atoms with van der Waals surface area (Å²) in [6.07, 6.45) is 0.780. The van der Waals surface area contributed by atoms with E-state index in [-0.39, 0.29) is 41.1 Å². The maximum Gasteiger partial charge on any atom is 0.329 e. The van der Waals surface area contributed by atoms with Gasteiger partial charge in [0.05, 0.1) is 20.1 Å². The summed E-state index contributed by atoms with van der Waals surface area (Å²) in [5.41, 5.74) is 0.482. The molecule has 0 saturated heterocycles. The van der Waals surface area contributed by atoms with Gasteiger partial charge in [0.2, 0.25) is 11.8 Å². The van der Waals surface area contributed by atoms with Gasteiger partial charge in [-0.25, -0.2) is 9.59 Å². The summed E-state index contributed by atoms with van der Waals surface area (Å²) >= 11 is 0. The van der Waals surface area contributed by atoms with E-state index in [9.17, 15) is 24.0 Å². The quantitative estimate of drug-likeness (QED) is 0.132. The van der Waals surface area contributed by atoms with Gasteiger partial charge in [0, 0.05) is 24.9 Å². The molecule has 12 heteroatoms. The predicted molar refractivity (Wildman–Crippen MR) is 157 cm³/mol. The number of methoxy groups -OCH3 is 2. The highest BCUT2D eigenvalue weighted by Gasteiger charge is 2.29. The standard InChI is InChI=1S/C28H42N2O8S2/c1-17(2)13-21(19-9-11-20(12-10-19)38-18(3)31)25(33)30-23(27(35)37-8)16-40-39-15-22(26(34)36-7)29-24(32)14-28(4,5)6/h9-12,17,21-23H,13-16H2,1-8H3,(H,29,32)(H,30,33)/t21-,22+,23+/m1/s1. The molecule has 2 N–H and O–H groups in total. The molecule has 0 aliphatic heterocycles. The van der Waals surface area contributed by atoms with Crippen LogP contribution in [0.15, 0.2) is 24.3 Å². The number of amides is 2. The highest BCUT2D eigenvalue weighted by Crippen LogP contribution is 2.28. The third-order valence-corrected chi connectivity index (χ3v) is 7.86. The average Bonchev–Trinajstić information content (AvgIpc) is 2.86. The van der Waals surface area contributed by atoms with Gasteiger partial charge in [-0.05, 0) is 35.4 Å². The van der Waals surface area contributed by atoms with E-state index in [1.54, 1.807) is 24.3 Å². The van der Waals surface area contributed by atoms with E-state index in [0.29, 0.717) is 12.2 Å². The number of carbonyl (C=O) groups is 5. The van der Waals surface area contributed by atoms with Crippen LogP contribution in [0.5, 0.6) is 5.75 Å². The van der Waals surface area contributed by atoms with Gasteiger partial charge in [0.25, 0.3) is 0 Å². The molecule has 0 aliphatic rings. The Balaban J connectivity index is 2.88. The Morgan fingerprint density at radius 2 is 1.35 bits per heavy atom. The molecule has 0 fully saturated rings. The van der Waals surface area contributed by atoms with Gasteiger partial charge in [0.1, 0.15) is 17.8 Å². The number of benzene rings is 1. The summed E-state index contributed by atoms with van der Waals surface area (Å²) in [4.78, 5) is 61.6. The van der Waals surface area contributed by atoms with Gasteiger partial charge >= 0.3 is 17.9 Å². The van der Waals surface area contributed by atoms with Crippen molar-refractivity contribution in [2.75, 3.05) is 25.7 Å². The van der Waals surface area contributed by atoms with Crippen LogP contribution in [-0.4, -0.2) is 67.5 Å². The molecule has 0 radical (unpaired) electrons. The lowest BCUT2D eigenvalue weighted by Gasteiger charge is -2.23. The first-order chi connectivity index (χ1) is 18.7. The Kier molecular flexibility index (Phi) is 15.1. The van der Waals surface area contributed by atoms with Gasteiger partial charge in [-0.3, -0.25) is 14.4 Å². The lowest BCUT2D eigenvalue weighted by Crippen LogP contribution is -2.45. The maximum absolute atomic E-state index is 13.3. The zero-order chi connectivity index (χ0) is 30.5. The average molecular weight is 599 g/mol. The molecule has 1 aromatic carbocycles. The number of carbonyl (C=O) groups excluding carboxylic acids is 5. The molecule has 1 aromatic rings. The van der Waals surface area contributed by atoms with E-state index in [1.807, 2.05) is 34.6 Å². The van der Waals surface area contributed by atoms with Crippen LogP contribution in [0.4, 0.5) is 0 Å². The minimum absolute atomic E-state index is 0.173. The van der Waals surface area contributed by atoms with E-state index in [1.165, 1.54) is 42.7 Å². The number of hydrogen-bond donors (Lipinski definition) is 2. The Morgan fingerprint density at radius 1 is 0.850 bits per heavy atom. The van der Waals surface area contributed by atoms with Crippen molar-refractivity contribution >= 4 is 51.3 Å². The van der Waals surface area contributed by atoms with Crippen molar-refractivity contribution in [1.82, 2.24) is 10.6 Å². The summed E-state index contributed by atoms with van der Waals surface area (Å²) in [6.45, 7) is 11.1. The maximum atomic E-state index is 13.3. The van der Waals surface area contributed by atoms with Gasteiger partial charge in [0.15, 0.2) is 0 Å². The van der Waals surface area contributed by atoms with E-state index in [4.69, 9.17) is 14.2 Å². The number of esters is 3. The van der Waals surface area contributed by atoms with E-state index in [0.717, 1.165) is 5.56 Å². The second kappa shape index (κ2) is 17.2. The van der Waals surface area contributed by atoms with Crippen LogP contribution in [0.3, 0.4) is 0 Å². The topological polar surface area (TPSA) is 137 Å². The molecule has 0 spiro atoms. The minimum Gasteiger partial charge on any atom is -0.467 e. The Labute approximate surface area is 244 Å². The van der Waals surface area contributed by atoms with Crippen LogP contribution in [-0.2, 0) is 33.4 Å². The van der Waals surface area contributed by atoms with Gasteiger partial charge in [-0.15, -0.1) is 0 Å². The molecular weight excluding hydrogens is 556 g/mol. The lowest BCUT2D eigenvalue weighted by molar-refractivity contribution is -0.144. The van der Waals surface area contributed by atoms with Crippen LogP contribution in [0, 0.1) is 11.3 Å². The van der Waals surface area contributed by atoms with Crippen LogP contribution >= 0.6 is 21.6 Å². The largest absolute Gasteiger partial charge is 0.467 e. The van der Waals surface area contributed by atoms with Crippen molar-refractivity contribution in [1.29, 1.82) is 0 Å². The molecule has 0 bridgehead atoms. The second-order valence-electron chi connectivity index (χ2n) is 10.9. The highest BCUT2D eigenvalue weighted by atomic mass is 33.1. The summed E-state index contributed by atoms with van der Waals surface area (Å²) in [7, 11) is 5.04. The third kappa shape index (κ3) is 13.6. The summed E-state index contributed by atoms with van der Waals surface area (Å²) in [6, 6.07) is 4.91. The summed E-state index contributed by atoms with van der Waals surface area (Å²) in [5, 5.41) is 5.51. The second-order valence-corrected chi connectivity index (χ2v) is 13.4. The molecule has 1 rings (SSSR count). The molecule has 0 aromatic heterocycles. The van der Waals surface area contributed by atoms with Gasteiger partial charge < -0.3 is 24.8 Å². The van der Waals surface area contributed by atoms with Crippen LogP contribution in [0.2, 0.25) is 0 Å². The fourth-order valence-electron chi connectivity index (χ4n) is 3.65. The number of nitrogens with one attached hydrogen (secondary N) is 2. The molecule has 10 nitrogen and oxygen atoms in total. The number of rotatable bonds is 15. The first kappa shape index (κ1) is 35.3. The van der Waals surface area contributed by atoms with Crippen LogP contribution in [0.1, 0.15) is 65.9 Å². The first-order valence-electron chi connectivity index (χ1n) is 12.9. The Hall–Kier alpha value is -2.73. The van der Waals surface area contributed by atoms with Crippen LogP contribution in [0.25, 0.3) is 0 Å². The Bertz CT molecular complexity index is 1010. The monoisotopic (exact) mass is 598 g/mol. The summed E-state index contributed by atoms with van der Waals surface area (Å²) < 4.78 is 14.8. The predicted octanol–water partition coefficient (Wildman–Crippen LogP) is 3.87. The smallest absolute Gasteiger partial charge is 0.329 e. The molecular formula is C28H42N2O8S2. The molecule has 0 heterocycles. The van der Waals surface area contributed by atoms with Crippen molar-refractivity contribution in [2.45, 2.75) is 72.4 Å². The van der Waals surface area contributed by atoms with Gasteiger partial charge in [-0.2, -0.15) is 0 Å². The SMILES string of the molecule is COC(=O)[C@H](CSSC[C@H](NC(=O)[C@H](CC(C)C)c1ccc(OC(C)=O)cc1)C(=O)OC)NC(=O)CC(C)(C)C. The number of ether oxygens (including phenoxy) is 3. The van der Waals surface area contributed by atoms with Gasteiger partial charge in [-0.1, -0.05) is 68.3 Å². The summed E-state index contributed by atoms with van der Waals surface area (Å²) in [5.74, 6) is -1.80. The molecule has 224 valence electrons.